The summed E-state index contributed by atoms with van der Waals surface area (Å²) >= 11 is 2.22. The molecule has 0 amide bonds. The fraction of sp³-hybridized carbons (Fsp3) is 0.636. The molecule has 1 heterocycles. The smallest absolute Gasteiger partial charge is 0.142 e. The summed E-state index contributed by atoms with van der Waals surface area (Å²) in [5, 5.41) is 3.28. The van der Waals surface area contributed by atoms with Crippen molar-refractivity contribution in [2.24, 2.45) is 0 Å². The van der Waals surface area contributed by atoms with E-state index in [-0.39, 0.29) is 0 Å². The molecule has 1 aromatic rings. The Morgan fingerprint density at radius 2 is 2.18 bits per heavy atom. The zero-order chi connectivity index (χ0) is 12.3. The molecule has 0 unspecified atom stereocenters. The summed E-state index contributed by atoms with van der Waals surface area (Å²) in [5.41, 5.74) is 0. The van der Waals surface area contributed by atoms with Crippen molar-refractivity contribution in [1.29, 1.82) is 0 Å². The third-order valence-corrected chi connectivity index (χ3v) is 2.90. The molecular weight excluding hydrogens is 333 g/mol. The summed E-state index contributed by atoms with van der Waals surface area (Å²) in [6.45, 7) is 3.03. The van der Waals surface area contributed by atoms with E-state index in [4.69, 9.17) is 9.47 Å². The third kappa shape index (κ3) is 6.75. The number of unbranched alkanes of at least 4 members (excludes halogenated alkanes) is 1. The molecule has 0 aliphatic rings. The van der Waals surface area contributed by atoms with Crippen LogP contribution in [0.15, 0.2) is 12.5 Å². The van der Waals surface area contributed by atoms with E-state index in [0.29, 0.717) is 13.2 Å². The van der Waals surface area contributed by atoms with Crippen LogP contribution in [0, 0.1) is 3.57 Å². The maximum atomic E-state index is 5.37. The summed E-state index contributed by atoms with van der Waals surface area (Å²) in [6, 6.07) is 0. The van der Waals surface area contributed by atoms with Crippen molar-refractivity contribution in [3.05, 3.63) is 16.1 Å². The van der Waals surface area contributed by atoms with E-state index in [1.807, 2.05) is 0 Å². The molecular formula is C11H18IN3O2. The molecule has 0 saturated carbocycles. The number of ether oxygens (including phenoxy) is 2. The molecule has 0 aliphatic heterocycles. The SMILES string of the molecule is COCCOCCCCNc1ncncc1I. The monoisotopic (exact) mass is 351 g/mol. The van der Waals surface area contributed by atoms with Crippen LogP contribution in [0.4, 0.5) is 5.82 Å². The van der Waals surface area contributed by atoms with Gasteiger partial charge in [0.15, 0.2) is 0 Å². The molecule has 0 spiro atoms. The zero-order valence-electron chi connectivity index (χ0n) is 9.99. The van der Waals surface area contributed by atoms with Crippen LogP contribution < -0.4 is 5.32 Å². The molecule has 0 saturated heterocycles. The number of nitrogens with zero attached hydrogens (tertiary/aromatic N) is 2. The van der Waals surface area contributed by atoms with Gasteiger partial charge >= 0.3 is 0 Å². The first-order chi connectivity index (χ1) is 8.34. The van der Waals surface area contributed by atoms with Crippen LogP contribution >= 0.6 is 22.6 Å². The number of nitrogens with one attached hydrogen (secondary N) is 1. The van der Waals surface area contributed by atoms with Crippen molar-refractivity contribution >= 4 is 28.4 Å². The van der Waals surface area contributed by atoms with Crippen molar-refractivity contribution < 1.29 is 9.47 Å². The number of aromatic nitrogens is 2. The standard InChI is InChI=1S/C11H18IN3O2/c1-16-6-7-17-5-3-2-4-14-11-10(12)8-13-9-15-11/h8-9H,2-7H2,1H3,(H,13,14,15). The van der Waals surface area contributed by atoms with Gasteiger partial charge in [-0.05, 0) is 35.4 Å². The molecule has 0 bridgehead atoms. The van der Waals surface area contributed by atoms with Crippen molar-refractivity contribution in [2.75, 3.05) is 38.8 Å². The van der Waals surface area contributed by atoms with Crippen molar-refractivity contribution in [1.82, 2.24) is 9.97 Å². The van der Waals surface area contributed by atoms with Gasteiger partial charge in [0, 0.05) is 26.5 Å². The van der Waals surface area contributed by atoms with Gasteiger partial charge in [-0.25, -0.2) is 9.97 Å². The van der Waals surface area contributed by atoms with Gasteiger partial charge in [0.2, 0.25) is 0 Å². The molecule has 0 aromatic carbocycles. The first-order valence-corrected chi connectivity index (χ1v) is 6.68. The summed E-state index contributed by atoms with van der Waals surface area (Å²) in [6.07, 6.45) is 5.45. The van der Waals surface area contributed by atoms with E-state index in [1.165, 1.54) is 0 Å². The molecule has 1 rings (SSSR count). The van der Waals surface area contributed by atoms with E-state index < -0.39 is 0 Å². The summed E-state index contributed by atoms with van der Waals surface area (Å²) < 4.78 is 11.3. The quantitative estimate of drug-likeness (QED) is 0.544. The third-order valence-electron chi connectivity index (χ3n) is 2.11. The highest BCUT2D eigenvalue weighted by atomic mass is 127. The maximum Gasteiger partial charge on any atom is 0.142 e. The van der Waals surface area contributed by atoms with Crippen LogP contribution in [0.25, 0.3) is 0 Å². The van der Waals surface area contributed by atoms with Crippen LogP contribution in [-0.2, 0) is 9.47 Å². The average molecular weight is 351 g/mol. The number of methoxy groups -OCH3 is 1. The minimum absolute atomic E-state index is 0.664. The summed E-state index contributed by atoms with van der Waals surface area (Å²) in [4.78, 5) is 8.10. The normalized spacial score (nSPS) is 10.5. The van der Waals surface area contributed by atoms with Crippen LogP contribution in [0.5, 0.6) is 0 Å². The van der Waals surface area contributed by atoms with Gasteiger partial charge in [-0.1, -0.05) is 0 Å². The Labute approximate surface area is 115 Å². The van der Waals surface area contributed by atoms with Gasteiger partial charge in [-0.15, -0.1) is 0 Å². The van der Waals surface area contributed by atoms with E-state index >= 15 is 0 Å². The molecule has 96 valence electrons. The molecule has 0 fully saturated rings. The predicted molar refractivity (Wildman–Crippen MR) is 75.2 cm³/mol. The Morgan fingerprint density at radius 3 is 2.94 bits per heavy atom. The Hall–Kier alpha value is -0.470. The van der Waals surface area contributed by atoms with Gasteiger partial charge in [0.25, 0.3) is 0 Å². The van der Waals surface area contributed by atoms with Crippen LogP contribution in [0.2, 0.25) is 0 Å². The second kappa shape index (κ2) is 9.55. The van der Waals surface area contributed by atoms with Crippen molar-refractivity contribution in [3.8, 4) is 0 Å². The molecule has 17 heavy (non-hydrogen) atoms. The van der Waals surface area contributed by atoms with Crippen LogP contribution in [-0.4, -0.2) is 43.4 Å². The van der Waals surface area contributed by atoms with E-state index in [9.17, 15) is 0 Å². The van der Waals surface area contributed by atoms with E-state index in [2.05, 4.69) is 37.9 Å². The maximum absolute atomic E-state index is 5.37. The lowest BCUT2D eigenvalue weighted by atomic mass is 10.3. The average Bonchev–Trinajstić information content (AvgIpc) is 2.35. The first kappa shape index (κ1) is 14.6. The molecule has 0 radical (unpaired) electrons. The summed E-state index contributed by atoms with van der Waals surface area (Å²) in [5.74, 6) is 0.904. The fourth-order valence-electron chi connectivity index (χ4n) is 1.22. The number of halogens is 1. The molecule has 6 heteroatoms. The largest absolute Gasteiger partial charge is 0.382 e. The zero-order valence-corrected chi connectivity index (χ0v) is 12.1. The predicted octanol–water partition coefficient (Wildman–Crippen LogP) is 1.94. The van der Waals surface area contributed by atoms with Gasteiger partial charge in [0.1, 0.15) is 12.1 Å². The Bertz CT molecular complexity index is 313. The van der Waals surface area contributed by atoms with Gasteiger partial charge < -0.3 is 14.8 Å². The lowest BCUT2D eigenvalue weighted by Crippen LogP contribution is -2.07. The lowest BCUT2D eigenvalue weighted by molar-refractivity contribution is 0.0691. The molecule has 5 nitrogen and oxygen atoms in total. The van der Waals surface area contributed by atoms with E-state index in [0.717, 1.165) is 35.4 Å². The highest BCUT2D eigenvalue weighted by molar-refractivity contribution is 14.1. The molecule has 0 atom stereocenters. The summed E-state index contributed by atoms with van der Waals surface area (Å²) in [7, 11) is 1.68. The van der Waals surface area contributed by atoms with E-state index in [1.54, 1.807) is 19.6 Å². The van der Waals surface area contributed by atoms with Gasteiger partial charge in [0.05, 0.1) is 16.8 Å². The Balaban J connectivity index is 1.99. The molecule has 1 aromatic heterocycles. The second-order valence-electron chi connectivity index (χ2n) is 3.46. The number of hydrogen-bond acceptors (Lipinski definition) is 5. The minimum atomic E-state index is 0.664. The van der Waals surface area contributed by atoms with Gasteiger partial charge in [-0.2, -0.15) is 0 Å². The molecule has 0 aliphatic carbocycles. The van der Waals surface area contributed by atoms with Crippen molar-refractivity contribution in [3.63, 3.8) is 0 Å². The number of anilines is 1. The van der Waals surface area contributed by atoms with Crippen LogP contribution in [0.3, 0.4) is 0 Å². The van der Waals surface area contributed by atoms with Crippen molar-refractivity contribution in [2.45, 2.75) is 12.8 Å². The topological polar surface area (TPSA) is 56.3 Å². The fourth-order valence-corrected chi connectivity index (χ4v) is 1.71. The first-order valence-electron chi connectivity index (χ1n) is 5.60. The Kier molecular flexibility index (Phi) is 8.20. The highest BCUT2D eigenvalue weighted by Crippen LogP contribution is 2.12. The number of hydrogen-bond donors (Lipinski definition) is 1. The molecule has 1 N–H and O–H groups in total. The second-order valence-corrected chi connectivity index (χ2v) is 4.62. The van der Waals surface area contributed by atoms with Gasteiger partial charge in [-0.3, -0.25) is 0 Å². The van der Waals surface area contributed by atoms with Crippen LogP contribution in [0.1, 0.15) is 12.8 Å². The minimum Gasteiger partial charge on any atom is -0.382 e. The lowest BCUT2D eigenvalue weighted by Gasteiger charge is -2.07. The number of rotatable bonds is 9. The Morgan fingerprint density at radius 1 is 1.29 bits per heavy atom. The highest BCUT2D eigenvalue weighted by Gasteiger charge is 1.98.